The summed E-state index contributed by atoms with van der Waals surface area (Å²) in [7, 11) is 0. The van der Waals surface area contributed by atoms with Crippen LogP contribution in [0.4, 0.5) is 11.4 Å². The lowest BCUT2D eigenvalue weighted by molar-refractivity contribution is 0.475. The molecule has 0 saturated heterocycles. The molecule has 0 fully saturated rings. The van der Waals surface area contributed by atoms with Crippen LogP contribution < -0.4 is 5.32 Å². The van der Waals surface area contributed by atoms with Gasteiger partial charge in [0.05, 0.1) is 5.69 Å². The monoisotopic (exact) mass is 439 g/mol. The topological polar surface area (TPSA) is 32.3 Å². The molecule has 6 aromatic rings. The van der Waals surface area contributed by atoms with Crippen molar-refractivity contribution in [2.45, 2.75) is 0 Å². The second-order valence-electron chi connectivity index (χ2n) is 8.03. The lowest BCUT2D eigenvalue weighted by atomic mass is 9.90. The van der Waals surface area contributed by atoms with E-state index in [-0.39, 0.29) is 5.75 Å². The van der Waals surface area contributed by atoms with Crippen molar-refractivity contribution in [2.75, 3.05) is 5.32 Å². The molecule has 0 bridgehead atoms. The molecular formula is C32H25NO. The maximum absolute atomic E-state index is 9.73. The second-order valence-corrected chi connectivity index (χ2v) is 8.03. The standard InChI is InChI=1S/C26H19NO.C6H6/c28-20-16-14-18(15-17-20)25-21-10-4-6-12-23(21)26(24-13-7-5-11-22(24)25)27-19-8-2-1-3-9-19;1-2-4-6-5-3-1/h1-17,27-28H;1-6H. The minimum atomic E-state index is 0.278. The van der Waals surface area contributed by atoms with E-state index in [2.05, 4.69) is 66.0 Å². The zero-order chi connectivity index (χ0) is 23.2. The molecule has 34 heavy (non-hydrogen) atoms. The summed E-state index contributed by atoms with van der Waals surface area (Å²) in [6.07, 6.45) is 0. The van der Waals surface area contributed by atoms with Crippen LogP contribution in [0.25, 0.3) is 32.7 Å². The van der Waals surface area contributed by atoms with Crippen LogP contribution in [-0.2, 0) is 0 Å². The van der Waals surface area contributed by atoms with Gasteiger partial charge in [0.25, 0.3) is 0 Å². The Labute approximate surface area is 199 Å². The highest BCUT2D eigenvalue weighted by molar-refractivity contribution is 6.21. The van der Waals surface area contributed by atoms with Crippen LogP contribution in [0.3, 0.4) is 0 Å². The van der Waals surface area contributed by atoms with Crippen molar-refractivity contribution in [1.29, 1.82) is 0 Å². The smallest absolute Gasteiger partial charge is 0.115 e. The molecule has 0 spiro atoms. The number of anilines is 2. The van der Waals surface area contributed by atoms with Crippen LogP contribution in [-0.4, -0.2) is 5.11 Å². The first-order valence-corrected chi connectivity index (χ1v) is 11.4. The largest absolute Gasteiger partial charge is 0.508 e. The highest BCUT2D eigenvalue weighted by Crippen LogP contribution is 2.42. The van der Waals surface area contributed by atoms with Gasteiger partial charge in [-0.15, -0.1) is 0 Å². The minimum absolute atomic E-state index is 0.278. The minimum Gasteiger partial charge on any atom is -0.508 e. The number of benzene rings is 6. The van der Waals surface area contributed by atoms with Crippen molar-refractivity contribution in [3.8, 4) is 16.9 Å². The van der Waals surface area contributed by atoms with E-state index in [4.69, 9.17) is 0 Å². The van der Waals surface area contributed by atoms with Crippen LogP contribution in [0.15, 0.2) is 140 Å². The van der Waals surface area contributed by atoms with Gasteiger partial charge in [0.15, 0.2) is 0 Å². The van der Waals surface area contributed by atoms with Gasteiger partial charge in [-0.2, -0.15) is 0 Å². The van der Waals surface area contributed by atoms with Crippen LogP contribution in [0.1, 0.15) is 0 Å². The van der Waals surface area contributed by atoms with Gasteiger partial charge in [-0.05, 0) is 46.2 Å². The predicted molar refractivity (Wildman–Crippen MR) is 145 cm³/mol. The predicted octanol–water partition coefficient (Wildman–Crippen LogP) is 8.80. The van der Waals surface area contributed by atoms with Gasteiger partial charge in [-0.1, -0.05) is 115 Å². The zero-order valence-electron chi connectivity index (χ0n) is 18.7. The molecule has 6 rings (SSSR count). The summed E-state index contributed by atoms with van der Waals surface area (Å²) in [4.78, 5) is 0. The fourth-order valence-corrected chi connectivity index (χ4v) is 4.25. The van der Waals surface area contributed by atoms with Gasteiger partial charge in [-0.3, -0.25) is 0 Å². The van der Waals surface area contributed by atoms with Gasteiger partial charge in [-0.25, -0.2) is 0 Å². The molecule has 0 radical (unpaired) electrons. The number of para-hydroxylation sites is 1. The molecule has 0 aromatic heterocycles. The van der Waals surface area contributed by atoms with Crippen molar-refractivity contribution >= 4 is 32.9 Å². The Hall–Kier alpha value is -4.56. The van der Waals surface area contributed by atoms with Crippen LogP contribution in [0, 0.1) is 0 Å². The summed E-state index contributed by atoms with van der Waals surface area (Å²) < 4.78 is 0. The molecular weight excluding hydrogens is 414 g/mol. The molecule has 0 saturated carbocycles. The Kier molecular flexibility index (Phi) is 6.22. The molecule has 2 nitrogen and oxygen atoms in total. The molecule has 0 amide bonds. The van der Waals surface area contributed by atoms with Crippen LogP contribution >= 0.6 is 0 Å². The molecule has 0 aliphatic heterocycles. The number of fused-ring (bicyclic) bond motifs is 2. The number of nitrogens with one attached hydrogen (secondary N) is 1. The van der Waals surface area contributed by atoms with E-state index in [0.717, 1.165) is 16.9 Å². The van der Waals surface area contributed by atoms with Gasteiger partial charge in [0.1, 0.15) is 5.75 Å². The Bertz CT molecular complexity index is 1420. The maximum atomic E-state index is 9.73. The molecule has 164 valence electrons. The lowest BCUT2D eigenvalue weighted by Crippen LogP contribution is -1.95. The van der Waals surface area contributed by atoms with Crippen molar-refractivity contribution in [3.63, 3.8) is 0 Å². The van der Waals surface area contributed by atoms with Gasteiger partial charge >= 0.3 is 0 Å². The number of hydrogen-bond donors (Lipinski definition) is 2. The summed E-state index contributed by atoms with van der Waals surface area (Å²) in [5, 5.41) is 18.1. The summed E-state index contributed by atoms with van der Waals surface area (Å²) in [6, 6.07) is 46.7. The first-order valence-electron chi connectivity index (χ1n) is 11.4. The van der Waals surface area contributed by atoms with E-state index in [1.165, 1.54) is 27.1 Å². The first-order chi connectivity index (χ1) is 16.8. The Balaban J connectivity index is 0.000000351. The Morgan fingerprint density at radius 1 is 0.412 bits per heavy atom. The number of aromatic hydroxyl groups is 1. The van der Waals surface area contributed by atoms with Gasteiger partial charge in [0, 0.05) is 16.5 Å². The first kappa shape index (κ1) is 21.3. The molecule has 0 unspecified atom stereocenters. The SMILES string of the molecule is Oc1ccc(-c2c3ccccc3c(Nc3ccccc3)c3ccccc23)cc1.c1ccccc1. The third-order valence-electron chi connectivity index (χ3n) is 5.80. The average Bonchev–Trinajstić information content (AvgIpc) is 2.91. The molecule has 2 N–H and O–H groups in total. The summed E-state index contributed by atoms with van der Waals surface area (Å²) in [5.41, 5.74) is 4.45. The summed E-state index contributed by atoms with van der Waals surface area (Å²) in [6.45, 7) is 0. The molecule has 2 heteroatoms. The molecule has 6 aromatic carbocycles. The van der Waals surface area contributed by atoms with E-state index in [1.54, 1.807) is 12.1 Å². The average molecular weight is 440 g/mol. The third kappa shape index (κ3) is 4.48. The maximum Gasteiger partial charge on any atom is 0.115 e. The summed E-state index contributed by atoms with van der Waals surface area (Å²) >= 11 is 0. The van der Waals surface area contributed by atoms with E-state index in [9.17, 15) is 5.11 Å². The normalized spacial score (nSPS) is 10.5. The number of rotatable bonds is 3. The Morgan fingerprint density at radius 3 is 1.32 bits per heavy atom. The zero-order valence-corrected chi connectivity index (χ0v) is 18.7. The van der Waals surface area contributed by atoms with E-state index in [0.29, 0.717) is 0 Å². The molecule has 0 heterocycles. The van der Waals surface area contributed by atoms with Gasteiger partial charge in [0.2, 0.25) is 0 Å². The lowest BCUT2D eigenvalue weighted by Gasteiger charge is -2.18. The van der Waals surface area contributed by atoms with Crippen molar-refractivity contribution in [3.05, 3.63) is 140 Å². The summed E-state index contributed by atoms with van der Waals surface area (Å²) in [5.74, 6) is 0.278. The highest BCUT2D eigenvalue weighted by Gasteiger charge is 2.15. The fraction of sp³-hybridized carbons (Fsp3) is 0. The molecule has 0 atom stereocenters. The van der Waals surface area contributed by atoms with Crippen LogP contribution in [0.2, 0.25) is 0 Å². The van der Waals surface area contributed by atoms with Gasteiger partial charge < -0.3 is 10.4 Å². The number of hydrogen-bond acceptors (Lipinski definition) is 2. The second kappa shape index (κ2) is 9.93. The Morgan fingerprint density at radius 2 is 0.824 bits per heavy atom. The van der Waals surface area contributed by atoms with E-state index in [1.807, 2.05) is 66.7 Å². The van der Waals surface area contributed by atoms with Crippen LogP contribution in [0.5, 0.6) is 5.75 Å². The number of phenols is 1. The number of phenolic OH excluding ortho intramolecular Hbond substituents is 1. The molecule has 0 aliphatic carbocycles. The van der Waals surface area contributed by atoms with Crippen molar-refractivity contribution < 1.29 is 5.11 Å². The van der Waals surface area contributed by atoms with E-state index >= 15 is 0 Å². The highest BCUT2D eigenvalue weighted by atomic mass is 16.3. The van der Waals surface area contributed by atoms with Crippen molar-refractivity contribution in [1.82, 2.24) is 0 Å². The quantitative estimate of drug-likeness (QED) is 0.270. The van der Waals surface area contributed by atoms with Crippen molar-refractivity contribution in [2.24, 2.45) is 0 Å². The molecule has 0 aliphatic rings. The fourth-order valence-electron chi connectivity index (χ4n) is 4.25. The van der Waals surface area contributed by atoms with E-state index < -0.39 is 0 Å². The third-order valence-corrected chi connectivity index (χ3v) is 5.80.